The highest BCUT2D eigenvalue weighted by molar-refractivity contribution is 5.11. The first-order valence-electron chi connectivity index (χ1n) is 7.78. The van der Waals surface area contributed by atoms with E-state index in [0.717, 1.165) is 18.8 Å². The zero-order valence-electron chi connectivity index (χ0n) is 12.6. The lowest BCUT2D eigenvalue weighted by atomic mass is 9.96. The SMILES string of the molecule is CCNC(c1ccc(F)cn1)C(C)CN1CCCCC1. The Morgan fingerprint density at radius 3 is 2.65 bits per heavy atom. The molecule has 1 fully saturated rings. The van der Waals surface area contributed by atoms with Gasteiger partial charge in [-0.1, -0.05) is 20.3 Å². The van der Waals surface area contributed by atoms with Crippen molar-refractivity contribution in [3.63, 3.8) is 0 Å². The van der Waals surface area contributed by atoms with Gasteiger partial charge >= 0.3 is 0 Å². The number of pyridine rings is 1. The molecule has 112 valence electrons. The fourth-order valence-electron chi connectivity index (χ4n) is 3.04. The second kappa shape index (κ2) is 7.70. The molecule has 0 aromatic carbocycles. The molecular formula is C16H26FN3. The molecule has 20 heavy (non-hydrogen) atoms. The van der Waals surface area contributed by atoms with Crippen LogP contribution in [0.25, 0.3) is 0 Å². The van der Waals surface area contributed by atoms with Crippen LogP contribution in [0.5, 0.6) is 0 Å². The average molecular weight is 279 g/mol. The second-order valence-electron chi connectivity index (χ2n) is 5.78. The zero-order chi connectivity index (χ0) is 14.4. The number of hydrogen-bond acceptors (Lipinski definition) is 3. The number of nitrogens with zero attached hydrogens (tertiary/aromatic N) is 2. The van der Waals surface area contributed by atoms with Crippen LogP contribution in [0.1, 0.15) is 44.8 Å². The van der Waals surface area contributed by atoms with Gasteiger partial charge in [0, 0.05) is 6.54 Å². The van der Waals surface area contributed by atoms with Crippen LogP contribution in [0, 0.1) is 11.7 Å². The first-order chi connectivity index (χ1) is 9.70. The van der Waals surface area contributed by atoms with Gasteiger partial charge in [-0.25, -0.2) is 4.39 Å². The quantitative estimate of drug-likeness (QED) is 0.867. The minimum absolute atomic E-state index is 0.197. The maximum atomic E-state index is 13.0. The van der Waals surface area contributed by atoms with E-state index in [-0.39, 0.29) is 11.9 Å². The van der Waals surface area contributed by atoms with E-state index < -0.39 is 0 Å². The van der Waals surface area contributed by atoms with Crippen molar-refractivity contribution >= 4 is 0 Å². The first-order valence-corrected chi connectivity index (χ1v) is 7.78. The Morgan fingerprint density at radius 1 is 1.30 bits per heavy atom. The fourth-order valence-corrected chi connectivity index (χ4v) is 3.04. The summed E-state index contributed by atoms with van der Waals surface area (Å²) in [7, 11) is 0. The largest absolute Gasteiger partial charge is 0.309 e. The molecular weight excluding hydrogens is 253 g/mol. The van der Waals surface area contributed by atoms with E-state index in [2.05, 4.69) is 29.0 Å². The Hall–Kier alpha value is -1.00. The van der Waals surface area contributed by atoms with Crippen molar-refractivity contribution in [2.75, 3.05) is 26.2 Å². The minimum atomic E-state index is -0.271. The molecule has 0 saturated carbocycles. The van der Waals surface area contributed by atoms with Crippen molar-refractivity contribution in [1.29, 1.82) is 0 Å². The highest BCUT2D eigenvalue weighted by Gasteiger charge is 2.22. The van der Waals surface area contributed by atoms with E-state index in [0.29, 0.717) is 5.92 Å². The molecule has 0 aliphatic carbocycles. The number of piperidine rings is 1. The molecule has 3 nitrogen and oxygen atoms in total. The molecule has 2 heterocycles. The number of aromatic nitrogens is 1. The molecule has 1 aliphatic heterocycles. The third-order valence-electron chi connectivity index (χ3n) is 4.06. The maximum absolute atomic E-state index is 13.0. The molecule has 1 aromatic heterocycles. The van der Waals surface area contributed by atoms with Crippen LogP contribution in [0.4, 0.5) is 4.39 Å². The van der Waals surface area contributed by atoms with Crippen molar-refractivity contribution in [2.45, 2.75) is 39.2 Å². The molecule has 1 N–H and O–H groups in total. The van der Waals surface area contributed by atoms with Gasteiger partial charge in [0.15, 0.2) is 0 Å². The third kappa shape index (κ3) is 4.25. The molecule has 2 rings (SSSR count). The van der Waals surface area contributed by atoms with Gasteiger partial charge in [-0.05, 0) is 50.5 Å². The highest BCUT2D eigenvalue weighted by Crippen LogP contribution is 2.22. The van der Waals surface area contributed by atoms with E-state index in [1.165, 1.54) is 44.6 Å². The van der Waals surface area contributed by atoms with Gasteiger partial charge in [0.25, 0.3) is 0 Å². The van der Waals surface area contributed by atoms with Gasteiger partial charge in [-0.2, -0.15) is 0 Å². The average Bonchev–Trinajstić information content (AvgIpc) is 2.47. The van der Waals surface area contributed by atoms with Crippen LogP contribution in [-0.2, 0) is 0 Å². The summed E-state index contributed by atoms with van der Waals surface area (Å²) < 4.78 is 13.0. The number of hydrogen-bond donors (Lipinski definition) is 1. The summed E-state index contributed by atoms with van der Waals surface area (Å²) in [6.07, 6.45) is 5.30. The predicted molar refractivity (Wildman–Crippen MR) is 80.1 cm³/mol. The van der Waals surface area contributed by atoms with Crippen LogP contribution in [0.2, 0.25) is 0 Å². The molecule has 0 spiro atoms. The minimum Gasteiger partial charge on any atom is -0.309 e. The van der Waals surface area contributed by atoms with Gasteiger partial charge in [0.05, 0.1) is 17.9 Å². The first kappa shape index (κ1) is 15.4. The molecule has 1 saturated heterocycles. The molecule has 0 amide bonds. The number of likely N-dealkylation sites (tertiary alicyclic amines) is 1. The monoisotopic (exact) mass is 279 g/mol. The molecule has 1 aliphatic rings. The van der Waals surface area contributed by atoms with E-state index in [4.69, 9.17) is 0 Å². The Bertz CT molecular complexity index is 387. The molecule has 4 heteroatoms. The maximum Gasteiger partial charge on any atom is 0.141 e. The predicted octanol–water partition coefficient (Wildman–Crippen LogP) is 2.99. The van der Waals surface area contributed by atoms with Crippen molar-refractivity contribution in [3.8, 4) is 0 Å². The third-order valence-corrected chi connectivity index (χ3v) is 4.06. The summed E-state index contributed by atoms with van der Waals surface area (Å²) in [6, 6.07) is 3.50. The lowest BCUT2D eigenvalue weighted by Crippen LogP contribution is -2.38. The van der Waals surface area contributed by atoms with E-state index >= 15 is 0 Å². The smallest absolute Gasteiger partial charge is 0.141 e. The Balaban J connectivity index is 2.00. The van der Waals surface area contributed by atoms with Crippen LogP contribution < -0.4 is 5.32 Å². The highest BCUT2D eigenvalue weighted by atomic mass is 19.1. The molecule has 0 bridgehead atoms. The molecule has 0 radical (unpaired) electrons. The summed E-state index contributed by atoms with van der Waals surface area (Å²) in [4.78, 5) is 6.80. The number of rotatable bonds is 6. The Labute approximate surface area is 121 Å². The topological polar surface area (TPSA) is 28.2 Å². The van der Waals surface area contributed by atoms with Crippen molar-refractivity contribution in [1.82, 2.24) is 15.2 Å². The Kier molecular flexibility index (Phi) is 5.92. The van der Waals surface area contributed by atoms with Crippen LogP contribution >= 0.6 is 0 Å². The summed E-state index contributed by atoms with van der Waals surface area (Å²) in [6.45, 7) is 8.75. The summed E-state index contributed by atoms with van der Waals surface area (Å²) in [5.41, 5.74) is 0.942. The summed E-state index contributed by atoms with van der Waals surface area (Å²) in [5, 5.41) is 3.50. The molecule has 1 aromatic rings. The van der Waals surface area contributed by atoms with Crippen molar-refractivity contribution < 1.29 is 4.39 Å². The van der Waals surface area contributed by atoms with Crippen LogP contribution in [0.15, 0.2) is 18.3 Å². The lowest BCUT2D eigenvalue weighted by molar-refractivity contribution is 0.181. The van der Waals surface area contributed by atoms with Gasteiger partial charge in [0.2, 0.25) is 0 Å². The van der Waals surface area contributed by atoms with Crippen molar-refractivity contribution in [2.24, 2.45) is 5.92 Å². The van der Waals surface area contributed by atoms with Crippen LogP contribution in [0.3, 0.4) is 0 Å². The summed E-state index contributed by atoms with van der Waals surface area (Å²) >= 11 is 0. The lowest BCUT2D eigenvalue weighted by Gasteiger charge is -2.32. The van der Waals surface area contributed by atoms with Gasteiger partial charge in [0.1, 0.15) is 5.82 Å². The van der Waals surface area contributed by atoms with Gasteiger partial charge in [-0.15, -0.1) is 0 Å². The van der Waals surface area contributed by atoms with Gasteiger partial charge < -0.3 is 10.2 Å². The van der Waals surface area contributed by atoms with Crippen molar-refractivity contribution in [3.05, 3.63) is 29.8 Å². The van der Waals surface area contributed by atoms with E-state index in [1.54, 1.807) is 6.07 Å². The van der Waals surface area contributed by atoms with Crippen LogP contribution in [-0.4, -0.2) is 36.1 Å². The van der Waals surface area contributed by atoms with E-state index in [1.807, 2.05) is 0 Å². The summed E-state index contributed by atoms with van der Waals surface area (Å²) in [5.74, 6) is 0.193. The molecule has 2 unspecified atom stereocenters. The van der Waals surface area contributed by atoms with E-state index in [9.17, 15) is 4.39 Å². The zero-order valence-corrected chi connectivity index (χ0v) is 12.6. The standard InChI is InChI=1S/C16H26FN3/c1-3-18-16(15-8-7-14(17)11-19-15)13(2)12-20-9-5-4-6-10-20/h7-8,11,13,16,18H,3-6,9-10,12H2,1-2H3. The Morgan fingerprint density at radius 2 is 2.05 bits per heavy atom. The fraction of sp³-hybridized carbons (Fsp3) is 0.688. The second-order valence-corrected chi connectivity index (χ2v) is 5.78. The van der Waals surface area contributed by atoms with Gasteiger partial charge in [-0.3, -0.25) is 4.98 Å². The number of nitrogens with one attached hydrogen (secondary N) is 1. The molecule has 2 atom stereocenters. The number of halogens is 1. The normalized spacial score (nSPS) is 19.8.